The zero-order chi connectivity index (χ0) is 9.90. The standard InChI is InChI=1S/C11H22O2/c1-4-5-9(2)8-11(12)6-7-13-10(11)3/h9-10,12H,4-8H2,1-3H3. The summed E-state index contributed by atoms with van der Waals surface area (Å²) in [5, 5.41) is 10.2. The summed E-state index contributed by atoms with van der Waals surface area (Å²) in [5.41, 5.74) is -0.547. The Morgan fingerprint density at radius 3 is 2.77 bits per heavy atom. The van der Waals surface area contributed by atoms with Crippen molar-refractivity contribution in [1.82, 2.24) is 0 Å². The third kappa shape index (κ3) is 2.68. The first-order valence-electron chi connectivity index (χ1n) is 5.42. The second kappa shape index (κ2) is 4.43. The summed E-state index contributed by atoms with van der Waals surface area (Å²) in [6.45, 7) is 7.10. The van der Waals surface area contributed by atoms with E-state index < -0.39 is 5.60 Å². The van der Waals surface area contributed by atoms with Crippen molar-refractivity contribution in [2.75, 3.05) is 6.61 Å². The van der Waals surface area contributed by atoms with Crippen LogP contribution in [0, 0.1) is 5.92 Å². The summed E-state index contributed by atoms with van der Waals surface area (Å²) in [6.07, 6.45) is 4.12. The quantitative estimate of drug-likeness (QED) is 0.730. The highest BCUT2D eigenvalue weighted by Gasteiger charge is 2.40. The second-order valence-corrected chi connectivity index (χ2v) is 4.46. The van der Waals surface area contributed by atoms with Gasteiger partial charge in [0.05, 0.1) is 11.7 Å². The van der Waals surface area contributed by atoms with Crippen molar-refractivity contribution in [2.24, 2.45) is 5.92 Å². The molecule has 0 amide bonds. The molecule has 1 aliphatic rings. The lowest BCUT2D eigenvalue weighted by molar-refractivity contribution is -0.0425. The maximum atomic E-state index is 10.2. The highest BCUT2D eigenvalue weighted by molar-refractivity contribution is 4.90. The van der Waals surface area contributed by atoms with Gasteiger partial charge >= 0.3 is 0 Å². The lowest BCUT2D eigenvalue weighted by Gasteiger charge is -2.28. The maximum absolute atomic E-state index is 10.2. The smallest absolute Gasteiger partial charge is 0.0929 e. The molecule has 0 saturated carbocycles. The highest BCUT2D eigenvalue weighted by atomic mass is 16.5. The van der Waals surface area contributed by atoms with E-state index in [9.17, 15) is 5.11 Å². The normalized spacial score (nSPS) is 36.5. The number of hydrogen-bond acceptors (Lipinski definition) is 2. The van der Waals surface area contributed by atoms with Gasteiger partial charge in [0.15, 0.2) is 0 Å². The van der Waals surface area contributed by atoms with Gasteiger partial charge in [-0.3, -0.25) is 0 Å². The first-order chi connectivity index (χ1) is 6.08. The van der Waals surface area contributed by atoms with Gasteiger partial charge in [0, 0.05) is 13.0 Å². The van der Waals surface area contributed by atoms with Crippen molar-refractivity contribution in [1.29, 1.82) is 0 Å². The Hall–Kier alpha value is -0.0800. The van der Waals surface area contributed by atoms with Gasteiger partial charge in [0.25, 0.3) is 0 Å². The molecule has 0 aromatic heterocycles. The average Bonchev–Trinajstić information content (AvgIpc) is 2.32. The van der Waals surface area contributed by atoms with Crippen LogP contribution in [0.1, 0.15) is 46.5 Å². The van der Waals surface area contributed by atoms with Gasteiger partial charge in [-0.15, -0.1) is 0 Å². The van der Waals surface area contributed by atoms with E-state index in [0.717, 1.165) is 19.4 Å². The molecule has 78 valence electrons. The third-order valence-electron chi connectivity index (χ3n) is 3.14. The molecule has 1 fully saturated rings. The minimum Gasteiger partial charge on any atom is -0.387 e. The Balaban J connectivity index is 2.41. The monoisotopic (exact) mass is 186 g/mol. The maximum Gasteiger partial charge on any atom is 0.0929 e. The van der Waals surface area contributed by atoms with Gasteiger partial charge in [0.2, 0.25) is 0 Å². The molecule has 3 unspecified atom stereocenters. The average molecular weight is 186 g/mol. The first-order valence-corrected chi connectivity index (χ1v) is 5.42. The SMILES string of the molecule is CCCC(C)CC1(O)CCOC1C. The molecule has 2 heteroatoms. The number of ether oxygens (including phenoxy) is 1. The van der Waals surface area contributed by atoms with Crippen LogP contribution in [0.2, 0.25) is 0 Å². The Morgan fingerprint density at radius 2 is 2.31 bits per heavy atom. The lowest BCUT2D eigenvalue weighted by atomic mass is 9.85. The van der Waals surface area contributed by atoms with Crippen LogP contribution in [0.25, 0.3) is 0 Å². The molecule has 1 saturated heterocycles. The molecular formula is C11H22O2. The first kappa shape index (κ1) is 11.0. The van der Waals surface area contributed by atoms with Gasteiger partial charge in [0.1, 0.15) is 0 Å². The topological polar surface area (TPSA) is 29.5 Å². The molecule has 0 aliphatic carbocycles. The molecule has 1 aliphatic heterocycles. The van der Waals surface area contributed by atoms with Crippen LogP contribution < -0.4 is 0 Å². The fourth-order valence-corrected chi connectivity index (χ4v) is 2.24. The molecule has 0 aromatic carbocycles. The van der Waals surface area contributed by atoms with E-state index in [-0.39, 0.29) is 6.10 Å². The minimum absolute atomic E-state index is 0.0202. The minimum atomic E-state index is -0.547. The van der Waals surface area contributed by atoms with Crippen molar-refractivity contribution in [2.45, 2.75) is 58.2 Å². The molecule has 1 heterocycles. The number of hydrogen-bond donors (Lipinski definition) is 1. The van der Waals surface area contributed by atoms with Crippen LogP contribution in [0.15, 0.2) is 0 Å². The second-order valence-electron chi connectivity index (χ2n) is 4.46. The fourth-order valence-electron chi connectivity index (χ4n) is 2.24. The van der Waals surface area contributed by atoms with Crippen LogP contribution in [-0.2, 0) is 4.74 Å². The fraction of sp³-hybridized carbons (Fsp3) is 1.00. The summed E-state index contributed by atoms with van der Waals surface area (Å²) in [7, 11) is 0. The van der Waals surface area contributed by atoms with Gasteiger partial charge in [-0.2, -0.15) is 0 Å². The number of aliphatic hydroxyl groups is 1. The molecule has 0 spiro atoms. The van der Waals surface area contributed by atoms with Crippen LogP contribution in [-0.4, -0.2) is 23.4 Å². The van der Waals surface area contributed by atoms with Crippen molar-refractivity contribution < 1.29 is 9.84 Å². The summed E-state index contributed by atoms with van der Waals surface area (Å²) < 4.78 is 5.40. The van der Waals surface area contributed by atoms with Crippen molar-refractivity contribution in [3.05, 3.63) is 0 Å². The van der Waals surface area contributed by atoms with Gasteiger partial charge in [-0.25, -0.2) is 0 Å². The molecule has 0 bridgehead atoms. The summed E-state index contributed by atoms with van der Waals surface area (Å²) in [5.74, 6) is 0.610. The van der Waals surface area contributed by atoms with Crippen LogP contribution in [0.3, 0.4) is 0 Å². The summed E-state index contributed by atoms with van der Waals surface area (Å²) >= 11 is 0. The largest absolute Gasteiger partial charge is 0.387 e. The molecule has 1 N–H and O–H groups in total. The van der Waals surface area contributed by atoms with E-state index in [1.807, 2.05) is 6.92 Å². The van der Waals surface area contributed by atoms with Crippen LogP contribution in [0.4, 0.5) is 0 Å². The zero-order valence-corrected chi connectivity index (χ0v) is 9.05. The van der Waals surface area contributed by atoms with Gasteiger partial charge < -0.3 is 9.84 Å². The molecule has 1 rings (SSSR count). The summed E-state index contributed by atoms with van der Waals surface area (Å²) in [4.78, 5) is 0. The third-order valence-corrected chi connectivity index (χ3v) is 3.14. The van der Waals surface area contributed by atoms with Crippen LogP contribution in [0.5, 0.6) is 0 Å². The van der Waals surface area contributed by atoms with Gasteiger partial charge in [-0.05, 0) is 19.3 Å². The van der Waals surface area contributed by atoms with E-state index >= 15 is 0 Å². The van der Waals surface area contributed by atoms with E-state index in [1.54, 1.807) is 0 Å². The van der Waals surface area contributed by atoms with Crippen molar-refractivity contribution in [3.63, 3.8) is 0 Å². The molecule has 2 nitrogen and oxygen atoms in total. The molecule has 0 aromatic rings. The Kier molecular flexibility index (Phi) is 3.74. The Bertz CT molecular complexity index is 158. The van der Waals surface area contributed by atoms with Crippen molar-refractivity contribution >= 4 is 0 Å². The van der Waals surface area contributed by atoms with E-state index in [4.69, 9.17) is 4.74 Å². The molecule has 3 atom stereocenters. The van der Waals surface area contributed by atoms with E-state index in [0.29, 0.717) is 5.92 Å². The van der Waals surface area contributed by atoms with Crippen LogP contribution >= 0.6 is 0 Å². The number of rotatable bonds is 4. The Labute approximate surface area is 81.3 Å². The van der Waals surface area contributed by atoms with Crippen molar-refractivity contribution in [3.8, 4) is 0 Å². The predicted molar refractivity (Wildman–Crippen MR) is 53.7 cm³/mol. The lowest BCUT2D eigenvalue weighted by Crippen LogP contribution is -2.37. The molecule has 0 radical (unpaired) electrons. The summed E-state index contributed by atoms with van der Waals surface area (Å²) in [6, 6.07) is 0. The van der Waals surface area contributed by atoms with E-state index in [1.165, 1.54) is 12.8 Å². The molecular weight excluding hydrogens is 164 g/mol. The van der Waals surface area contributed by atoms with Gasteiger partial charge in [-0.1, -0.05) is 26.7 Å². The Morgan fingerprint density at radius 1 is 1.62 bits per heavy atom. The predicted octanol–water partition coefficient (Wildman–Crippen LogP) is 2.35. The molecule has 13 heavy (non-hydrogen) atoms. The zero-order valence-electron chi connectivity index (χ0n) is 9.05. The van der Waals surface area contributed by atoms with E-state index in [2.05, 4.69) is 13.8 Å². The highest BCUT2D eigenvalue weighted by Crippen LogP contribution is 2.32.